The number of carbonyl (C=O) groups is 4. The first kappa shape index (κ1) is 90.8. The summed E-state index contributed by atoms with van der Waals surface area (Å²) >= 11 is 3.45. The molecule has 2 aromatic carbocycles. The number of hydrogen-bond donors (Lipinski definition) is 2. The lowest BCUT2D eigenvalue weighted by atomic mass is 9.43. The van der Waals surface area contributed by atoms with Gasteiger partial charge in [0.25, 0.3) is 0 Å². The van der Waals surface area contributed by atoms with Crippen molar-refractivity contribution in [1.29, 1.82) is 0 Å². The van der Waals surface area contributed by atoms with Crippen LogP contribution in [0, 0.1) is 34.5 Å². The molecule has 11 fully saturated rings. The van der Waals surface area contributed by atoms with Crippen molar-refractivity contribution >= 4 is 75.9 Å². The Kier molecular flexibility index (Phi) is 33.5. The number of rotatable bonds is 20. The predicted molar refractivity (Wildman–Crippen MR) is 410 cm³/mol. The molecule has 13 rings (SSSR count). The van der Waals surface area contributed by atoms with E-state index in [9.17, 15) is 29.4 Å². The summed E-state index contributed by atoms with van der Waals surface area (Å²) in [5.41, 5.74) is 15.4. The Morgan fingerprint density at radius 1 is 0.562 bits per heavy atom. The molecular formula is C74H120B4N6O19S2. The Bertz CT molecular complexity index is 3180. The zero-order valence-corrected chi connectivity index (χ0v) is 68.1. The molecule has 5 aliphatic heterocycles. The number of methoxy groups -OCH3 is 4. The number of nitrogens with zero attached hydrogens (tertiary/aromatic N) is 6. The van der Waals surface area contributed by atoms with Gasteiger partial charge in [0.05, 0.1) is 97.3 Å². The van der Waals surface area contributed by atoms with Crippen LogP contribution in [0.2, 0.25) is 0 Å². The van der Waals surface area contributed by atoms with Crippen LogP contribution in [0.4, 0.5) is 0 Å². The molecule has 4 bridgehead atoms. The summed E-state index contributed by atoms with van der Waals surface area (Å²) in [6.07, 6.45) is 9.25. The van der Waals surface area contributed by atoms with Gasteiger partial charge in [-0.15, -0.1) is 23.5 Å². The molecule has 584 valence electrons. The zero-order valence-electron chi connectivity index (χ0n) is 66.5. The van der Waals surface area contributed by atoms with Gasteiger partial charge in [0.15, 0.2) is 0 Å². The van der Waals surface area contributed by atoms with Crippen LogP contribution in [-0.2, 0) is 80.1 Å². The van der Waals surface area contributed by atoms with Crippen LogP contribution in [0.3, 0.4) is 0 Å². The lowest BCUT2D eigenvalue weighted by molar-refractivity contribution is -0.245. The highest BCUT2D eigenvalue weighted by atomic mass is 32.2. The molecule has 0 aromatic heterocycles. The number of hydrogen-bond acceptors (Lipinski definition) is 23. The number of benzene rings is 2. The number of azide groups is 2. The Hall–Kier alpha value is -4.80. The fourth-order valence-corrected chi connectivity index (χ4v) is 16.2. The Morgan fingerprint density at radius 3 is 1.35 bits per heavy atom. The number of carbonyl (C=O) groups excluding carboxylic acids is 4. The summed E-state index contributed by atoms with van der Waals surface area (Å²) in [4.78, 5) is 51.9. The SMILES string of the molecule is C1CCOC1.C=CC(=O)OC.CC1(C)C2C[C@@H](O)[C@@](C)(O)[C@H]1C2.CC1(C)OB(CSc2ccccc2)OC1(C)C.COC(=O)CCC(N=[N+]=[N-])B1OC(C)(C)C(C)(C)O1.COC(=O)CCC(N=[N+]=[N-])B1O[C@@H]2CC3C[C@@H](C3(C)C)[C@]2(C)O1.COC(=O)CCC(Sc1ccccc1)B1OC(C)(C)C(C)(C)O1. The first-order valence-electron chi connectivity index (χ1n) is 36.7. The van der Waals surface area contributed by atoms with E-state index in [-0.39, 0.29) is 95.1 Å². The molecule has 31 heteroatoms. The third-order valence-electron chi connectivity index (χ3n) is 23.5. The van der Waals surface area contributed by atoms with Crippen LogP contribution in [0.15, 0.2) is 93.3 Å². The highest BCUT2D eigenvalue weighted by Crippen LogP contribution is 2.66. The fourth-order valence-electron chi connectivity index (χ4n) is 14.3. The summed E-state index contributed by atoms with van der Waals surface area (Å²) in [6.45, 7) is 42.2. The van der Waals surface area contributed by atoms with Crippen molar-refractivity contribution in [3.63, 3.8) is 0 Å². The van der Waals surface area contributed by atoms with Gasteiger partial charge < -0.3 is 71.1 Å². The molecule has 2 N–H and O–H groups in total. The lowest BCUT2D eigenvalue weighted by Crippen LogP contribution is -2.66. The number of fused-ring (bicyclic) bond motifs is 2. The minimum Gasteiger partial charge on any atom is -0.469 e. The van der Waals surface area contributed by atoms with Crippen LogP contribution < -0.4 is 0 Å². The second-order valence-electron chi connectivity index (χ2n) is 32.6. The normalized spacial score (nSPS) is 28.2. The van der Waals surface area contributed by atoms with Crippen molar-refractivity contribution in [2.24, 2.45) is 44.7 Å². The largest absolute Gasteiger partial charge is 0.472 e. The number of ether oxygens (including phenoxy) is 5. The molecular weight excluding hydrogens is 1380 g/mol. The summed E-state index contributed by atoms with van der Waals surface area (Å²) in [5.74, 6) is -0.307. The van der Waals surface area contributed by atoms with Crippen molar-refractivity contribution in [2.75, 3.05) is 47.3 Å². The van der Waals surface area contributed by atoms with E-state index >= 15 is 0 Å². The van der Waals surface area contributed by atoms with Gasteiger partial charge in [-0.25, -0.2) is 4.79 Å². The highest BCUT2D eigenvalue weighted by molar-refractivity contribution is 8.01. The average molecular weight is 1510 g/mol. The van der Waals surface area contributed by atoms with E-state index in [0.717, 1.165) is 49.1 Å². The van der Waals surface area contributed by atoms with Gasteiger partial charge in [0, 0.05) is 69.0 Å². The number of aliphatic hydroxyl groups is 2. The highest BCUT2D eigenvalue weighted by Gasteiger charge is 2.69. The molecule has 0 radical (unpaired) electrons. The maximum Gasteiger partial charge on any atom is 0.472 e. The molecule has 25 nitrogen and oxygen atoms in total. The third kappa shape index (κ3) is 23.9. The van der Waals surface area contributed by atoms with E-state index in [1.807, 2.05) is 91.8 Å². The minimum atomic E-state index is -0.849. The van der Waals surface area contributed by atoms with Crippen LogP contribution in [-0.4, -0.2) is 184 Å². The number of thioether (sulfide) groups is 2. The van der Waals surface area contributed by atoms with Crippen molar-refractivity contribution in [2.45, 2.75) is 286 Å². The van der Waals surface area contributed by atoms with Gasteiger partial charge >= 0.3 is 52.4 Å². The number of aliphatic hydroxyl groups excluding tert-OH is 1. The van der Waals surface area contributed by atoms with Crippen LogP contribution in [0.1, 0.15) is 202 Å². The summed E-state index contributed by atoms with van der Waals surface area (Å²) < 4.78 is 71.3. The molecule has 5 saturated heterocycles. The van der Waals surface area contributed by atoms with E-state index < -0.39 is 55.0 Å². The van der Waals surface area contributed by atoms with Crippen LogP contribution >= 0.6 is 23.5 Å². The van der Waals surface area contributed by atoms with E-state index in [1.165, 1.54) is 52.6 Å². The van der Waals surface area contributed by atoms with Crippen LogP contribution in [0.25, 0.3) is 20.9 Å². The summed E-state index contributed by atoms with van der Waals surface area (Å²) in [6, 6.07) is 20.4. The molecule has 11 aliphatic rings. The maximum atomic E-state index is 11.5. The molecule has 5 heterocycles. The lowest BCUT2D eigenvalue weighted by Gasteiger charge is -2.64. The van der Waals surface area contributed by atoms with Gasteiger partial charge in [-0.3, -0.25) is 14.4 Å². The van der Waals surface area contributed by atoms with Gasteiger partial charge in [-0.05, 0) is 225 Å². The molecule has 0 spiro atoms. The molecule has 11 atom stereocenters. The molecule has 6 saturated carbocycles. The molecule has 5 unspecified atom stereocenters. The topological polar surface area (TPSA) is 326 Å². The Balaban J connectivity index is 0.000000230. The van der Waals surface area contributed by atoms with Crippen molar-refractivity contribution in [3.8, 4) is 0 Å². The zero-order chi connectivity index (χ0) is 78.8. The fraction of sp³-hybridized carbons (Fsp3) is 0.757. The third-order valence-corrected chi connectivity index (χ3v) is 25.8. The molecule has 2 aromatic rings. The minimum absolute atomic E-state index is 0.0255. The van der Waals surface area contributed by atoms with Crippen molar-refractivity contribution in [3.05, 3.63) is 94.2 Å². The second kappa shape index (κ2) is 38.7. The predicted octanol–water partition coefficient (Wildman–Crippen LogP) is 14.6. The van der Waals surface area contributed by atoms with Gasteiger partial charge in [0.2, 0.25) is 0 Å². The average Bonchev–Trinajstić information content (AvgIpc) is 1.69. The Labute approximate surface area is 634 Å². The maximum absolute atomic E-state index is 11.5. The summed E-state index contributed by atoms with van der Waals surface area (Å²) in [7, 11) is 3.68. The Morgan fingerprint density at radius 2 is 0.971 bits per heavy atom. The van der Waals surface area contributed by atoms with Gasteiger partial charge in [-0.1, -0.05) is 80.9 Å². The monoisotopic (exact) mass is 1500 g/mol. The van der Waals surface area contributed by atoms with Gasteiger partial charge in [-0.2, -0.15) is 0 Å². The van der Waals surface area contributed by atoms with Gasteiger partial charge in [0.1, 0.15) is 0 Å². The second-order valence-corrected chi connectivity index (χ2v) is 35.0. The molecule has 6 aliphatic carbocycles. The molecule has 0 amide bonds. The first-order valence-corrected chi connectivity index (χ1v) is 38.5. The van der Waals surface area contributed by atoms with E-state index in [4.69, 9.17) is 57.8 Å². The smallest absolute Gasteiger partial charge is 0.469 e. The quantitative estimate of drug-likeness (QED) is 0.0182. The van der Waals surface area contributed by atoms with Crippen molar-refractivity contribution < 1.29 is 90.3 Å². The van der Waals surface area contributed by atoms with Crippen LogP contribution in [0.5, 0.6) is 0 Å². The molecule has 105 heavy (non-hydrogen) atoms. The first-order chi connectivity index (χ1) is 48.9. The standard InChI is InChI=1S/C17H25BO4S.C15H24BN3O4.C13H19BO2S.C11H20BN3O4.C10H18O2.C4H6O2.C4H8O/c1-16(2)17(3,4)22-18(21-16)14(11-12-15(19)20-5)23-13-9-7-6-8-10-13;1-14(2)9-7-10(14)15(3)11(8-9)22-16(23-15)12(18-19-17)5-6-13(20)21-4;1-12(2)13(3,4)16-14(15-12)10-17-11-8-6-5-7-9-11;1-10(2)11(3,4)19-12(18-10)8(14-15-13)6-7-9(16)17-5;1-9(2)6-4-7(9)10(3,12)8(11)5-6;1-3-4(5)6-2;1-2-4-5-3-1/h6-10,14H,11-12H2,1-5H3;9-12H,5-8H2,1-4H3;5-9H,10H2,1-4H3;8H,6-7H2,1-5H3;6-8,11-12H,4-5H2,1-3H3;3H,1H2,2H3;1-4H2/t;9?,10-,11+,12?,15-;;;6?,7-,8+,10-;;/m.0..0../s1. The summed E-state index contributed by atoms with van der Waals surface area (Å²) in [5, 5.41) is 27.1. The van der Waals surface area contributed by atoms with Crippen molar-refractivity contribution in [1.82, 2.24) is 0 Å². The van der Waals surface area contributed by atoms with E-state index in [1.54, 1.807) is 30.4 Å². The number of esters is 4. The van der Waals surface area contributed by atoms with E-state index in [0.29, 0.717) is 49.4 Å². The van der Waals surface area contributed by atoms with E-state index in [2.05, 4.69) is 127 Å².